The van der Waals surface area contributed by atoms with Crippen molar-refractivity contribution >= 4 is 21.8 Å². The molecule has 7 atom stereocenters. The number of carbonyl (C=O) groups is 2. The molecule has 0 spiro atoms. The number of benzene rings is 1. The van der Waals surface area contributed by atoms with Crippen LogP contribution >= 0.6 is 0 Å². The van der Waals surface area contributed by atoms with Crippen molar-refractivity contribution in [1.29, 1.82) is 0 Å². The molecule has 1 saturated carbocycles. The topological polar surface area (TPSA) is 125 Å². The fraction of sp³-hybridized carbons (Fsp3) is 0.742. The van der Waals surface area contributed by atoms with Crippen molar-refractivity contribution in [1.82, 2.24) is 15.5 Å². The van der Waals surface area contributed by atoms with Gasteiger partial charge in [0.2, 0.25) is 5.91 Å². The van der Waals surface area contributed by atoms with Crippen LogP contribution in [0.15, 0.2) is 30.3 Å². The Balaban J connectivity index is 1.50. The second-order valence-corrected chi connectivity index (χ2v) is 15.6. The average molecular weight is 592 g/mol. The number of piperidine rings is 1. The summed E-state index contributed by atoms with van der Waals surface area (Å²) in [6.07, 6.45) is 4.07. The Bertz CT molecular complexity index is 1140. The zero-order valence-corrected chi connectivity index (χ0v) is 25.9. The van der Waals surface area contributed by atoms with Crippen LogP contribution in [0.1, 0.15) is 78.2 Å². The molecule has 0 bridgehead atoms. The van der Waals surface area contributed by atoms with Crippen LogP contribution in [0.25, 0.3) is 0 Å². The van der Waals surface area contributed by atoms with E-state index in [1.165, 1.54) is 12.8 Å². The van der Waals surface area contributed by atoms with Gasteiger partial charge in [-0.1, -0.05) is 56.5 Å². The largest absolute Gasteiger partial charge is 0.445 e. The summed E-state index contributed by atoms with van der Waals surface area (Å²) < 4.78 is 30.3. The molecule has 9 nitrogen and oxygen atoms in total. The minimum atomic E-state index is -3.28. The lowest BCUT2D eigenvalue weighted by atomic mass is 9.72. The highest BCUT2D eigenvalue weighted by Crippen LogP contribution is 2.39. The molecule has 1 aromatic rings. The van der Waals surface area contributed by atoms with Crippen LogP contribution in [-0.2, 0) is 25.8 Å². The predicted octanol–water partition coefficient (Wildman–Crippen LogP) is 3.45. The standard InChI is InChI=1S/C31H49N3O6S/c1-5-28-27(15-16-41(28,38)39)40-30(37)32-24(17-21-11-7-6-8-12-21)26(35)20-34-19-23-14-10-9-13-22(23)18-25(34)29(36)33-31(2,3)4/h6-8,11-12,22-28,35H,5,9-10,13-20H2,1-4H3,(H,32,37)(H,33,36)/t22-,23+,24-,25-,26+,27-,28-/m0/s1. The Morgan fingerprint density at radius 2 is 1.78 bits per heavy atom. The number of aliphatic hydroxyl groups excluding tert-OH is 1. The molecule has 2 heterocycles. The zero-order chi connectivity index (χ0) is 29.8. The summed E-state index contributed by atoms with van der Waals surface area (Å²) in [4.78, 5) is 28.6. The van der Waals surface area contributed by atoms with Crippen molar-refractivity contribution < 1.29 is 27.9 Å². The summed E-state index contributed by atoms with van der Waals surface area (Å²) in [6.45, 7) is 8.68. The van der Waals surface area contributed by atoms with Gasteiger partial charge in [-0.25, -0.2) is 13.2 Å². The number of hydrogen-bond donors (Lipinski definition) is 3. The van der Waals surface area contributed by atoms with Gasteiger partial charge in [0.05, 0.1) is 29.2 Å². The third-order valence-corrected chi connectivity index (χ3v) is 11.4. The van der Waals surface area contributed by atoms with Crippen LogP contribution in [0.2, 0.25) is 0 Å². The molecule has 3 aliphatic rings. The van der Waals surface area contributed by atoms with Gasteiger partial charge >= 0.3 is 6.09 Å². The molecule has 0 aromatic heterocycles. The van der Waals surface area contributed by atoms with E-state index in [1.807, 2.05) is 51.1 Å². The van der Waals surface area contributed by atoms with E-state index < -0.39 is 39.4 Å². The highest BCUT2D eigenvalue weighted by Gasteiger charge is 2.43. The number of hydrogen-bond acceptors (Lipinski definition) is 7. The summed E-state index contributed by atoms with van der Waals surface area (Å²) in [6, 6.07) is 8.59. The van der Waals surface area contributed by atoms with Crippen molar-refractivity contribution in [3.63, 3.8) is 0 Å². The Labute approximate surface area is 245 Å². The first kappa shape index (κ1) is 31.8. The number of alkyl carbamates (subject to hydrolysis) is 1. The molecule has 0 radical (unpaired) electrons. The SMILES string of the molecule is CC[C@H]1[C@@H](OC(=O)N[C@@H](Cc2ccccc2)[C@H](O)CN2C[C@H]3CCCC[C@H]3C[C@H]2C(=O)NC(C)(C)C)CCS1(=O)=O. The number of fused-ring (bicyclic) bond motifs is 1. The van der Waals surface area contributed by atoms with E-state index in [-0.39, 0.29) is 36.2 Å². The lowest BCUT2D eigenvalue weighted by Crippen LogP contribution is -2.60. The Kier molecular flexibility index (Phi) is 10.4. The summed E-state index contributed by atoms with van der Waals surface area (Å²) in [7, 11) is -3.28. The zero-order valence-electron chi connectivity index (χ0n) is 25.1. The van der Waals surface area contributed by atoms with Gasteiger partial charge in [0.25, 0.3) is 0 Å². The predicted molar refractivity (Wildman–Crippen MR) is 159 cm³/mol. The van der Waals surface area contributed by atoms with Gasteiger partial charge in [0, 0.05) is 18.6 Å². The molecule has 2 amide bonds. The molecule has 2 aliphatic heterocycles. The van der Waals surface area contributed by atoms with E-state index in [4.69, 9.17) is 4.74 Å². The van der Waals surface area contributed by atoms with Crippen molar-refractivity contribution in [2.45, 2.75) is 114 Å². The Hall–Kier alpha value is -2.17. The van der Waals surface area contributed by atoms with Gasteiger partial charge in [-0.15, -0.1) is 0 Å². The van der Waals surface area contributed by atoms with Gasteiger partial charge in [0.1, 0.15) is 6.10 Å². The van der Waals surface area contributed by atoms with Gasteiger partial charge in [-0.2, -0.15) is 0 Å². The molecule has 1 aliphatic carbocycles. The summed E-state index contributed by atoms with van der Waals surface area (Å²) >= 11 is 0. The van der Waals surface area contributed by atoms with Gasteiger partial charge < -0.3 is 20.5 Å². The van der Waals surface area contributed by atoms with Gasteiger partial charge in [0.15, 0.2) is 9.84 Å². The van der Waals surface area contributed by atoms with Crippen LogP contribution in [0, 0.1) is 11.8 Å². The molecule has 1 aromatic carbocycles. The number of ether oxygens (including phenoxy) is 1. The number of rotatable bonds is 9. The maximum Gasteiger partial charge on any atom is 0.407 e. The highest BCUT2D eigenvalue weighted by molar-refractivity contribution is 7.92. The highest BCUT2D eigenvalue weighted by atomic mass is 32.2. The average Bonchev–Trinajstić information content (AvgIpc) is 3.19. The van der Waals surface area contributed by atoms with E-state index >= 15 is 0 Å². The number of nitrogens with zero attached hydrogens (tertiary/aromatic N) is 1. The third kappa shape index (κ3) is 8.45. The number of likely N-dealkylation sites (tertiary alicyclic amines) is 1. The lowest BCUT2D eigenvalue weighted by molar-refractivity contribution is -0.132. The smallest absolute Gasteiger partial charge is 0.407 e. The number of nitrogens with one attached hydrogen (secondary N) is 2. The van der Waals surface area contributed by atoms with Crippen LogP contribution in [-0.4, -0.2) is 84.3 Å². The number of β-amino-alcohol motifs (C(OH)–C–C–N with tert-alkyl or cyclic N) is 1. The molecule has 2 saturated heterocycles. The fourth-order valence-corrected chi connectivity index (χ4v) is 8.99. The molecular formula is C31H49N3O6S. The maximum absolute atomic E-state index is 13.5. The number of carbonyl (C=O) groups excluding carboxylic acids is 2. The first-order valence-corrected chi connectivity index (χ1v) is 17.0. The maximum atomic E-state index is 13.5. The first-order chi connectivity index (χ1) is 19.4. The van der Waals surface area contributed by atoms with Crippen LogP contribution in [0.5, 0.6) is 0 Å². The number of aliphatic hydroxyl groups is 1. The fourth-order valence-electron chi connectivity index (χ4n) is 6.97. The van der Waals surface area contributed by atoms with Crippen molar-refractivity contribution in [2.24, 2.45) is 11.8 Å². The number of sulfone groups is 1. The van der Waals surface area contributed by atoms with E-state index in [2.05, 4.69) is 15.5 Å². The van der Waals surface area contributed by atoms with E-state index in [0.717, 1.165) is 31.4 Å². The molecule has 41 heavy (non-hydrogen) atoms. The van der Waals surface area contributed by atoms with Crippen molar-refractivity contribution in [3.05, 3.63) is 35.9 Å². The van der Waals surface area contributed by atoms with E-state index in [9.17, 15) is 23.1 Å². The number of amides is 2. The van der Waals surface area contributed by atoms with Gasteiger partial charge in [-0.3, -0.25) is 9.69 Å². The summed E-state index contributed by atoms with van der Waals surface area (Å²) in [5.74, 6) is 0.994. The molecule has 3 N–H and O–H groups in total. The van der Waals surface area contributed by atoms with Crippen LogP contribution in [0.4, 0.5) is 4.79 Å². The minimum Gasteiger partial charge on any atom is -0.445 e. The molecule has 10 heteroatoms. The van der Waals surface area contributed by atoms with E-state index in [0.29, 0.717) is 24.7 Å². The van der Waals surface area contributed by atoms with Gasteiger partial charge in [-0.05, 0) is 70.3 Å². The third-order valence-electron chi connectivity index (χ3n) is 9.01. The normalized spacial score (nSPS) is 29.6. The second kappa shape index (κ2) is 13.4. The van der Waals surface area contributed by atoms with Crippen molar-refractivity contribution in [3.8, 4) is 0 Å². The summed E-state index contributed by atoms with van der Waals surface area (Å²) in [5, 5.41) is 16.9. The summed E-state index contributed by atoms with van der Waals surface area (Å²) in [5.41, 5.74) is 0.579. The molecule has 4 rings (SSSR count). The first-order valence-electron chi connectivity index (χ1n) is 15.3. The Morgan fingerprint density at radius 1 is 1.10 bits per heavy atom. The van der Waals surface area contributed by atoms with Crippen molar-refractivity contribution in [2.75, 3.05) is 18.8 Å². The molecule has 230 valence electrons. The Morgan fingerprint density at radius 3 is 2.44 bits per heavy atom. The molecular weight excluding hydrogens is 542 g/mol. The quantitative estimate of drug-likeness (QED) is 0.402. The minimum absolute atomic E-state index is 0.00859. The molecule has 3 fully saturated rings. The molecule has 0 unspecified atom stereocenters. The second-order valence-electron chi connectivity index (χ2n) is 13.3. The van der Waals surface area contributed by atoms with Crippen LogP contribution in [0.3, 0.4) is 0 Å². The van der Waals surface area contributed by atoms with Crippen LogP contribution < -0.4 is 10.6 Å². The van der Waals surface area contributed by atoms with E-state index in [1.54, 1.807) is 6.92 Å². The monoisotopic (exact) mass is 591 g/mol. The lowest BCUT2D eigenvalue weighted by Gasteiger charge is -2.47.